The van der Waals surface area contributed by atoms with Gasteiger partial charge in [-0.3, -0.25) is 14.5 Å². The quantitative estimate of drug-likeness (QED) is 0.613. The molecular formula is C27H44N4O3. The molecule has 7 heteroatoms. The molecule has 2 saturated carbocycles. The van der Waals surface area contributed by atoms with E-state index in [0.29, 0.717) is 44.7 Å². The minimum absolute atomic E-state index is 0.0736. The number of nitrogens with zero attached hydrogens (tertiary/aromatic N) is 3. The van der Waals surface area contributed by atoms with Crippen molar-refractivity contribution in [1.82, 2.24) is 15.1 Å². The standard InChI is InChI=1S/C27H44N4O3/c1-27(20-28)10-5-8-24(18-27)31-11-9-23(19-31)29-26(33)22(16-21-6-3-2-4-7-21)17-25(32)30-12-14-34-15-13-30/h21-24H,2-19H2,1H3,(H,29,33)/t22-,23?,24?,27+/m1/s1. The highest BCUT2D eigenvalue weighted by Gasteiger charge is 2.38. The molecule has 2 amide bonds. The summed E-state index contributed by atoms with van der Waals surface area (Å²) in [4.78, 5) is 30.8. The van der Waals surface area contributed by atoms with Gasteiger partial charge in [0.2, 0.25) is 11.8 Å². The topological polar surface area (TPSA) is 85.7 Å². The van der Waals surface area contributed by atoms with Crippen molar-refractivity contribution in [3.8, 4) is 6.07 Å². The third-order valence-electron chi connectivity index (χ3n) is 8.80. The van der Waals surface area contributed by atoms with Gasteiger partial charge in [-0.25, -0.2) is 0 Å². The largest absolute Gasteiger partial charge is 0.378 e. The van der Waals surface area contributed by atoms with Gasteiger partial charge in [-0.2, -0.15) is 5.26 Å². The Hall–Kier alpha value is -1.65. The number of nitrogens with one attached hydrogen (secondary N) is 1. The fourth-order valence-corrected chi connectivity index (χ4v) is 6.68. The summed E-state index contributed by atoms with van der Waals surface area (Å²) in [7, 11) is 0. The van der Waals surface area contributed by atoms with E-state index in [4.69, 9.17) is 4.74 Å². The Morgan fingerprint density at radius 2 is 1.85 bits per heavy atom. The first-order valence-electron chi connectivity index (χ1n) is 13.8. The second kappa shape index (κ2) is 11.9. The van der Waals surface area contributed by atoms with Crippen LogP contribution in [0.4, 0.5) is 0 Å². The maximum Gasteiger partial charge on any atom is 0.223 e. The molecule has 34 heavy (non-hydrogen) atoms. The summed E-state index contributed by atoms with van der Waals surface area (Å²) in [6, 6.07) is 3.13. The van der Waals surface area contributed by atoms with Crippen molar-refractivity contribution in [2.75, 3.05) is 39.4 Å². The number of nitriles is 1. The second-order valence-electron chi connectivity index (χ2n) is 11.5. The lowest BCUT2D eigenvalue weighted by molar-refractivity contribution is -0.140. The molecule has 2 saturated heterocycles. The molecule has 0 aromatic carbocycles. The number of hydrogen-bond donors (Lipinski definition) is 1. The average Bonchev–Trinajstić information content (AvgIpc) is 3.33. The lowest BCUT2D eigenvalue weighted by Crippen LogP contribution is -2.46. The smallest absolute Gasteiger partial charge is 0.223 e. The van der Waals surface area contributed by atoms with E-state index in [9.17, 15) is 14.9 Å². The molecule has 4 atom stereocenters. The van der Waals surface area contributed by atoms with Crippen molar-refractivity contribution in [3.05, 3.63) is 0 Å². The van der Waals surface area contributed by atoms with E-state index in [1.54, 1.807) is 0 Å². The summed E-state index contributed by atoms with van der Waals surface area (Å²) in [5.74, 6) is 0.506. The van der Waals surface area contributed by atoms with Crippen molar-refractivity contribution >= 4 is 11.8 Å². The van der Waals surface area contributed by atoms with Crippen LogP contribution in [-0.4, -0.2) is 73.1 Å². The summed E-state index contributed by atoms with van der Waals surface area (Å²) in [5, 5.41) is 12.9. The molecule has 0 aromatic rings. The van der Waals surface area contributed by atoms with Crippen LogP contribution in [0.3, 0.4) is 0 Å². The second-order valence-corrected chi connectivity index (χ2v) is 11.5. The molecule has 4 aliphatic rings. The van der Waals surface area contributed by atoms with Crippen LogP contribution in [-0.2, 0) is 14.3 Å². The van der Waals surface area contributed by atoms with Crippen molar-refractivity contribution in [3.63, 3.8) is 0 Å². The van der Waals surface area contributed by atoms with Gasteiger partial charge in [0.05, 0.1) is 24.7 Å². The molecule has 2 aliphatic heterocycles. The highest BCUT2D eigenvalue weighted by Crippen LogP contribution is 2.38. The van der Waals surface area contributed by atoms with Gasteiger partial charge >= 0.3 is 0 Å². The zero-order chi connectivity index (χ0) is 24.0. The lowest BCUT2D eigenvalue weighted by atomic mass is 9.74. The van der Waals surface area contributed by atoms with Crippen LogP contribution in [0, 0.1) is 28.6 Å². The zero-order valence-corrected chi connectivity index (χ0v) is 21.1. The van der Waals surface area contributed by atoms with E-state index in [-0.39, 0.29) is 29.2 Å². The predicted octanol–water partition coefficient (Wildman–Crippen LogP) is 3.48. The Balaban J connectivity index is 1.33. The Morgan fingerprint density at radius 3 is 2.59 bits per heavy atom. The summed E-state index contributed by atoms with van der Waals surface area (Å²) in [6.45, 7) is 6.40. The van der Waals surface area contributed by atoms with Crippen molar-refractivity contribution in [2.45, 2.75) is 96.1 Å². The maximum atomic E-state index is 13.5. The number of amides is 2. The van der Waals surface area contributed by atoms with Crippen LogP contribution in [0.25, 0.3) is 0 Å². The van der Waals surface area contributed by atoms with Crippen LogP contribution in [0.2, 0.25) is 0 Å². The predicted molar refractivity (Wildman–Crippen MR) is 131 cm³/mol. The molecule has 2 heterocycles. The van der Waals surface area contributed by atoms with E-state index in [1.807, 2.05) is 4.90 Å². The fourth-order valence-electron chi connectivity index (χ4n) is 6.68. The summed E-state index contributed by atoms with van der Waals surface area (Å²) < 4.78 is 5.40. The number of hydrogen-bond acceptors (Lipinski definition) is 5. The van der Waals surface area contributed by atoms with Crippen LogP contribution in [0.5, 0.6) is 0 Å². The average molecular weight is 473 g/mol. The molecule has 2 unspecified atom stereocenters. The van der Waals surface area contributed by atoms with Gasteiger partial charge in [0.15, 0.2) is 0 Å². The SMILES string of the molecule is C[C@]1(C#N)CCCC(N2CCC(NC(=O)[C@@H](CC(=O)N3CCOCC3)CC3CCCCC3)C2)C1. The van der Waals surface area contributed by atoms with Crippen LogP contribution in [0.15, 0.2) is 0 Å². The number of likely N-dealkylation sites (tertiary alicyclic amines) is 1. The van der Waals surface area contributed by atoms with Crippen molar-refractivity contribution < 1.29 is 14.3 Å². The van der Waals surface area contributed by atoms with E-state index in [0.717, 1.165) is 51.6 Å². The van der Waals surface area contributed by atoms with Gasteiger partial charge in [-0.15, -0.1) is 0 Å². The van der Waals surface area contributed by atoms with Crippen LogP contribution < -0.4 is 5.32 Å². The lowest BCUT2D eigenvalue weighted by Gasteiger charge is -2.38. The molecule has 4 fully saturated rings. The number of morpholine rings is 1. The number of carbonyl (C=O) groups is 2. The van der Waals surface area contributed by atoms with Crippen LogP contribution in [0.1, 0.15) is 84.0 Å². The first-order chi connectivity index (χ1) is 16.5. The van der Waals surface area contributed by atoms with Crippen molar-refractivity contribution in [1.29, 1.82) is 5.26 Å². The van der Waals surface area contributed by atoms with E-state index >= 15 is 0 Å². The fraction of sp³-hybridized carbons (Fsp3) is 0.889. The van der Waals surface area contributed by atoms with Gasteiger partial charge in [-0.05, 0) is 44.9 Å². The van der Waals surface area contributed by atoms with E-state index < -0.39 is 0 Å². The van der Waals surface area contributed by atoms with Gasteiger partial charge < -0.3 is 15.0 Å². The Kier molecular flexibility index (Phi) is 8.87. The minimum atomic E-state index is -0.232. The number of carbonyl (C=O) groups excluding carboxylic acids is 2. The molecule has 2 aliphatic carbocycles. The molecule has 190 valence electrons. The molecule has 0 radical (unpaired) electrons. The Bertz CT molecular complexity index is 741. The molecular weight excluding hydrogens is 428 g/mol. The molecule has 1 N–H and O–H groups in total. The highest BCUT2D eigenvalue weighted by atomic mass is 16.5. The number of rotatable bonds is 7. The summed E-state index contributed by atoms with van der Waals surface area (Å²) >= 11 is 0. The Labute approximate surface area is 205 Å². The van der Waals surface area contributed by atoms with Crippen molar-refractivity contribution in [2.24, 2.45) is 17.3 Å². The molecule has 0 spiro atoms. The highest BCUT2D eigenvalue weighted by molar-refractivity contribution is 5.86. The van der Waals surface area contributed by atoms with Crippen LogP contribution >= 0.6 is 0 Å². The normalized spacial score (nSPS) is 32.2. The number of ether oxygens (including phenoxy) is 1. The first-order valence-corrected chi connectivity index (χ1v) is 13.8. The summed E-state index contributed by atoms with van der Waals surface area (Å²) in [5.41, 5.74) is -0.213. The third kappa shape index (κ3) is 6.73. The third-order valence-corrected chi connectivity index (χ3v) is 8.80. The van der Waals surface area contributed by atoms with Gasteiger partial charge in [0.1, 0.15) is 0 Å². The summed E-state index contributed by atoms with van der Waals surface area (Å²) in [6.07, 6.45) is 12.5. The van der Waals surface area contributed by atoms with E-state index in [1.165, 1.54) is 32.1 Å². The zero-order valence-electron chi connectivity index (χ0n) is 21.1. The molecule has 4 rings (SSSR count). The Morgan fingerprint density at radius 1 is 1.09 bits per heavy atom. The first kappa shape index (κ1) is 25.4. The monoisotopic (exact) mass is 472 g/mol. The molecule has 0 bridgehead atoms. The van der Waals surface area contributed by atoms with E-state index in [2.05, 4.69) is 23.2 Å². The van der Waals surface area contributed by atoms with Gasteiger partial charge in [0.25, 0.3) is 0 Å². The minimum Gasteiger partial charge on any atom is -0.378 e. The van der Waals surface area contributed by atoms with Gasteiger partial charge in [-0.1, -0.05) is 38.5 Å². The van der Waals surface area contributed by atoms with Gasteiger partial charge in [0, 0.05) is 50.6 Å². The molecule has 7 nitrogen and oxygen atoms in total. The molecule has 0 aromatic heterocycles. The maximum absolute atomic E-state index is 13.5.